The smallest absolute Gasteiger partial charge is 0.233 e. The number of aromatic nitrogens is 2. The van der Waals surface area contributed by atoms with Gasteiger partial charge in [-0.3, -0.25) is 9.59 Å². The number of ether oxygens (including phenoxy) is 2. The summed E-state index contributed by atoms with van der Waals surface area (Å²) >= 11 is 0. The van der Waals surface area contributed by atoms with Gasteiger partial charge in [0, 0.05) is 27.8 Å². The second kappa shape index (κ2) is 15.2. The van der Waals surface area contributed by atoms with Crippen molar-refractivity contribution >= 4 is 33.1 Å². The molecule has 0 aliphatic rings. The summed E-state index contributed by atoms with van der Waals surface area (Å²) in [6.07, 6.45) is 0. The number of rotatable bonds is 8. The maximum Gasteiger partial charge on any atom is 0.233 e. The summed E-state index contributed by atoms with van der Waals surface area (Å²) in [6, 6.07) is 49.4. The number of benzene rings is 7. The van der Waals surface area contributed by atoms with E-state index >= 15 is 0 Å². The fourth-order valence-corrected chi connectivity index (χ4v) is 6.36. The first-order valence-electron chi connectivity index (χ1n) is 17.3. The fourth-order valence-electron chi connectivity index (χ4n) is 6.36. The quantitative estimate of drug-likeness (QED) is 0.0973. The van der Waals surface area contributed by atoms with Crippen LogP contribution in [-0.4, -0.2) is 35.8 Å². The minimum Gasteiger partial charge on any atom is -0.497 e. The van der Waals surface area contributed by atoms with Crippen LogP contribution >= 0.6 is 0 Å². The van der Waals surface area contributed by atoms with Gasteiger partial charge in [-0.05, 0) is 90.0 Å². The van der Waals surface area contributed by atoms with Gasteiger partial charge in [0.1, 0.15) is 17.3 Å². The first kappa shape index (κ1) is 34.6. The maximum atomic E-state index is 12.0. The van der Waals surface area contributed by atoms with Crippen LogP contribution in [0.5, 0.6) is 11.5 Å². The lowest BCUT2D eigenvalue weighted by Crippen LogP contribution is -2.14. The van der Waals surface area contributed by atoms with Crippen molar-refractivity contribution in [2.45, 2.75) is 13.8 Å². The molecule has 0 spiro atoms. The number of aromatic amines is 1. The van der Waals surface area contributed by atoms with E-state index in [1.165, 1.54) is 21.5 Å². The molecular formula is C47H38N2O4. The van der Waals surface area contributed by atoms with Gasteiger partial charge in [0.2, 0.25) is 11.6 Å². The highest BCUT2D eigenvalue weighted by atomic mass is 16.5. The Kier molecular flexibility index (Phi) is 9.95. The topological polar surface area (TPSA) is 81.3 Å². The molecule has 1 heterocycles. The number of ketones is 2. The number of hydrogen-bond acceptors (Lipinski definition) is 5. The van der Waals surface area contributed by atoms with E-state index in [2.05, 4.69) is 71.7 Å². The van der Waals surface area contributed by atoms with Gasteiger partial charge in [-0.1, -0.05) is 108 Å². The predicted octanol–water partition coefficient (Wildman–Crippen LogP) is 11.1. The predicted molar refractivity (Wildman–Crippen MR) is 214 cm³/mol. The molecule has 0 aliphatic heterocycles. The van der Waals surface area contributed by atoms with Gasteiger partial charge in [0.25, 0.3) is 0 Å². The summed E-state index contributed by atoms with van der Waals surface area (Å²) in [5, 5.41) is 4.72. The van der Waals surface area contributed by atoms with E-state index in [0.717, 1.165) is 56.5 Å². The molecule has 0 saturated heterocycles. The molecular weight excluding hydrogens is 657 g/mol. The molecule has 0 aliphatic carbocycles. The van der Waals surface area contributed by atoms with Crippen molar-refractivity contribution in [3.8, 4) is 45.4 Å². The van der Waals surface area contributed by atoms with Crippen LogP contribution in [0.15, 0.2) is 152 Å². The van der Waals surface area contributed by atoms with Crippen molar-refractivity contribution < 1.29 is 19.1 Å². The van der Waals surface area contributed by atoms with Gasteiger partial charge < -0.3 is 14.5 Å². The molecule has 0 fully saturated rings. The Morgan fingerprint density at radius 1 is 0.528 bits per heavy atom. The normalized spacial score (nSPS) is 10.8. The van der Waals surface area contributed by atoms with Crippen molar-refractivity contribution in [3.05, 3.63) is 174 Å². The summed E-state index contributed by atoms with van der Waals surface area (Å²) in [6.45, 7) is 3.88. The first-order chi connectivity index (χ1) is 25.8. The van der Waals surface area contributed by atoms with E-state index in [9.17, 15) is 9.59 Å². The van der Waals surface area contributed by atoms with Gasteiger partial charge >= 0.3 is 0 Å². The Morgan fingerprint density at radius 2 is 0.962 bits per heavy atom. The summed E-state index contributed by atoms with van der Waals surface area (Å²) in [5.41, 5.74) is 8.02. The van der Waals surface area contributed by atoms with Crippen molar-refractivity contribution in [2.75, 3.05) is 14.2 Å². The van der Waals surface area contributed by atoms with Crippen LogP contribution in [0.2, 0.25) is 0 Å². The Labute approximate surface area is 308 Å². The molecule has 0 atom stereocenters. The molecule has 6 heteroatoms. The molecule has 0 saturated carbocycles. The summed E-state index contributed by atoms with van der Waals surface area (Å²) in [5.74, 6) is 1.56. The van der Waals surface area contributed by atoms with Crippen molar-refractivity contribution in [3.63, 3.8) is 0 Å². The molecule has 1 N–H and O–H groups in total. The summed E-state index contributed by atoms with van der Waals surface area (Å²) in [7, 11) is 3.35. The van der Waals surface area contributed by atoms with E-state index in [0.29, 0.717) is 11.1 Å². The third kappa shape index (κ3) is 7.34. The van der Waals surface area contributed by atoms with E-state index in [-0.39, 0.29) is 0 Å². The average Bonchev–Trinajstić information content (AvgIpc) is 3.65. The molecule has 8 aromatic rings. The minimum absolute atomic E-state index is 0.436. The van der Waals surface area contributed by atoms with Crippen LogP contribution in [0.3, 0.4) is 0 Å². The monoisotopic (exact) mass is 694 g/mol. The zero-order valence-corrected chi connectivity index (χ0v) is 30.0. The van der Waals surface area contributed by atoms with Gasteiger partial charge in [0.05, 0.1) is 25.6 Å². The first-order valence-corrected chi connectivity index (χ1v) is 17.3. The number of hydrogen-bond donors (Lipinski definition) is 1. The lowest BCUT2D eigenvalue weighted by molar-refractivity contribution is 0.0817. The highest BCUT2D eigenvalue weighted by Crippen LogP contribution is 2.39. The average molecular weight is 695 g/mol. The summed E-state index contributed by atoms with van der Waals surface area (Å²) < 4.78 is 10.8. The number of Topliss-reactive ketones (excluding diaryl/α,β-unsaturated/α-hetero) is 2. The Morgan fingerprint density at radius 3 is 1.42 bits per heavy atom. The zero-order valence-electron chi connectivity index (χ0n) is 30.0. The minimum atomic E-state index is -0.459. The Bertz CT molecular complexity index is 2380. The van der Waals surface area contributed by atoms with Crippen molar-refractivity contribution in [1.29, 1.82) is 0 Å². The molecule has 1 aromatic heterocycles. The maximum absolute atomic E-state index is 12.0. The van der Waals surface area contributed by atoms with E-state index in [4.69, 9.17) is 14.5 Å². The number of imidazole rings is 1. The Balaban J connectivity index is 0.000000204. The van der Waals surface area contributed by atoms with E-state index in [1.807, 2.05) is 74.5 Å². The molecule has 0 unspecified atom stereocenters. The van der Waals surface area contributed by atoms with Crippen LogP contribution in [-0.2, 0) is 0 Å². The highest BCUT2D eigenvalue weighted by Gasteiger charge is 2.20. The van der Waals surface area contributed by atoms with Gasteiger partial charge in [0.15, 0.2) is 0 Å². The third-order valence-electron chi connectivity index (χ3n) is 9.29. The largest absolute Gasteiger partial charge is 0.497 e. The van der Waals surface area contributed by atoms with Crippen LogP contribution in [0.25, 0.3) is 55.4 Å². The lowest BCUT2D eigenvalue weighted by Gasteiger charge is -2.09. The van der Waals surface area contributed by atoms with Crippen LogP contribution in [0.1, 0.15) is 31.8 Å². The van der Waals surface area contributed by atoms with Gasteiger partial charge in [-0.25, -0.2) is 4.98 Å². The number of aryl methyl sites for hydroxylation is 2. The van der Waals surface area contributed by atoms with Gasteiger partial charge in [-0.2, -0.15) is 0 Å². The number of carbonyl (C=O) groups is 2. The molecule has 260 valence electrons. The van der Waals surface area contributed by atoms with Gasteiger partial charge in [-0.15, -0.1) is 0 Å². The molecule has 8 rings (SSSR count). The SMILES string of the molecule is COc1ccc(-c2nc(-c3c4ccccc4cc4ccccc34)[nH]c2-c2ccc(OC)cc2)cc1.Cc1ccc(C(=O)C(=O)c2ccc(C)cc2)cc1. The van der Waals surface area contributed by atoms with Crippen molar-refractivity contribution in [2.24, 2.45) is 0 Å². The molecule has 6 nitrogen and oxygen atoms in total. The second-order valence-electron chi connectivity index (χ2n) is 12.9. The number of H-pyrrole nitrogens is 1. The Hall–Kier alpha value is -6.79. The lowest BCUT2D eigenvalue weighted by atomic mass is 9.96. The molecule has 0 amide bonds. The van der Waals surface area contributed by atoms with Crippen molar-refractivity contribution in [1.82, 2.24) is 9.97 Å². The zero-order chi connectivity index (χ0) is 36.9. The number of nitrogens with one attached hydrogen (secondary N) is 1. The molecule has 7 aromatic carbocycles. The number of methoxy groups -OCH3 is 2. The second-order valence-corrected chi connectivity index (χ2v) is 12.9. The fraction of sp³-hybridized carbons (Fsp3) is 0.0851. The van der Waals surface area contributed by atoms with Crippen LogP contribution in [0, 0.1) is 13.8 Å². The highest BCUT2D eigenvalue weighted by molar-refractivity contribution is 6.49. The molecule has 0 radical (unpaired) electrons. The van der Waals surface area contributed by atoms with E-state index < -0.39 is 11.6 Å². The van der Waals surface area contributed by atoms with Crippen LogP contribution < -0.4 is 9.47 Å². The third-order valence-corrected chi connectivity index (χ3v) is 9.29. The summed E-state index contributed by atoms with van der Waals surface area (Å²) in [4.78, 5) is 32.9. The number of carbonyl (C=O) groups excluding carboxylic acids is 2. The van der Waals surface area contributed by atoms with E-state index in [1.54, 1.807) is 38.5 Å². The van der Waals surface area contributed by atoms with Crippen LogP contribution in [0.4, 0.5) is 0 Å². The molecule has 0 bridgehead atoms. The number of nitrogens with zero attached hydrogens (tertiary/aromatic N) is 1. The number of fused-ring (bicyclic) bond motifs is 2. The molecule has 53 heavy (non-hydrogen) atoms. The standard InChI is InChI=1S/C31H24N2O2.C16H14O2/c1-34-24-15-11-20(12-16-24)29-30(21-13-17-25(35-2)18-14-21)33-31(32-29)28-26-9-5-3-7-22(26)19-23-8-4-6-10-27(23)28;1-11-3-7-13(8-4-11)15(17)16(18)14-9-5-12(2)6-10-14/h3-19H,1-2H3,(H,32,33);3-10H,1-2H3.